The van der Waals surface area contributed by atoms with Crippen molar-refractivity contribution in [3.8, 4) is 6.01 Å². The van der Waals surface area contributed by atoms with Gasteiger partial charge in [-0.2, -0.15) is 13.2 Å². The number of hydrogen-bond donors (Lipinski definition) is 1. The van der Waals surface area contributed by atoms with Gasteiger partial charge in [-0.3, -0.25) is 4.79 Å². The molecule has 0 aliphatic carbocycles. The van der Waals surface area contributed by atoms with Crippen molar-refractivity contribution in [2.75, 3.05) is 11.9 Å². The van der Waals surface area contributed by atoms with Crippen molar-refractivity contribution in [2.24, 2.45) is 0 Å². The number of hydrogen-bond acceptors (Lipinski definition) is 4. The van der Waals surface area contributed by atoms with Gasteiger partial charge in [-0.05, 0) is 18.2 Å². The molecule has 2 aromatic rings. The molecular weight excluding hydrogens is 287 g/mol. The van der Waals surface area contributed by atoms with Crippen molar-refractivity contribution >= 4 is 11.6 Å². The Morgan fingerprint density at radius 3 is 2.48 bits per heavy atom. The summed E-state index contributed by atoms with van der Waals surface area (Å²) in [5.41, 5.74) is -1.25. The number of benzene rings is 1. The molecule has 110 valence electrons. The van der Waals surface area contributed by atoms with E-state index in [1.54, 1.807) is 6.07 Å². The lowest BCUT2D eigenvalue weighted by Gasteiger charge is -2.13. The van der Waals surface area contributed by atoms with Gasteiger partial charge in [0.15, 0.2) is 6.61 Å². The van der Waals surface area contributed by atoms with Crippen LogP contribution in [-0.4, -0.2) is 22.5 Å². The fourth-order valence-electron chi connectivity index (χ4n) is 1.52. The van der Waals surface area contributed by atoms with Gasteiger partial charge < -0.3 is 10.1 Å². The summed E-state index contributed by atoms with van der Waals surface area (Å²) in [5, 5.41) is 2.15. The van der Waals surface area contributed by atoms with E-state index in [1.807, 2.05) is 0 Å². The van der Waals surface area contributed by atoms with Crippen LogP contribution in [0.4, 0.5) is 18.9 Å². The molecule has 1 heterocycles. The Bertz CT molecular complexity index is 618. The predicted octanol–water partition coefficient (Wildman–Crippen LogP) is 2.51. The fraction of sp³-hybridized carbons (Fsp3) is 0.154. The largest absolute Gasteiger partial charge is 0.453 e. The van der Waals surface area contributed by atoms with Crippen LogP contribution in [0.15, 0.2) is 42.7 Å². The van der Waals surface area contributed by atoms with Gasteiger partial charge in [0.2, 0.25) is 0 Å². The van der Waals surface area contributed by atoms with E-state index in [0.29, 0.717) is 0 Å². The van der Waals surface area contributed by atoms with Gasteiger partial charge in [0.1, 0.15) is 0 Å². The first kappa shape index (κ1) is 14.8. The highest BCUT2D eigenvalue weighted by molar-refractivity contribution is 5.92. The van der Waals surface area contributed by atoms with Gasteiger partial charge in [-0.15, -0.1) is 0 Å². The number of para-hydroxylation sites is 1. The number of halogens is 3. The Kier molecular flexibility index (Phi) is 4.36. The minimum atomic E-state index is -4.55. The van der Waals surface area contributed by atoms with E-state index in [9.17, 15) is 18.0 Å². The van der Waals surface area contributed by atoms with Crippen LogP contribution < -0.4 is 10.1 Å². The Labute approximate surface area is 117 Å². The first-order valence-electron chi connectivity index (χ1n) is 5.83. The van der Waals surface area contributed by atoms with Crippen LogP contribution in [0.5, 0.6) is 6.01 Å². The molecule has 0 saturated heterocycles. The Balaban J connectivity index is 2.00. The van der Waals surface area contributed by atoms with Gasteiger partial charge in [-0.1, -0.05) is 12.1 Å². The summed E-state index contributed by atoms with van der Waals surface area (Å²) in [4.78, 5) is 19.0. The molecule has 21 heavy (non-hydrogen) atoms. The van der Waals surface area contributed by atoms with Gasteiger partial charge in [0.25, 0.3) is 5.91 Å². The average Bonchev–Trinajstić information content (AvgIpc) is 2.46. The molecule has 0 saturated carbocycles. The fourth-order valence-corrected chi connectivity index (χ4v) is 1.52. The second-order valence-corrected chi connectivity index (χ2v) is 3.91. The number of anilines is 1. The van der Waals surface area contributed by atoms with Crippen LogP contribution in [0, 0.1) is 0 Å². The van der Waals surface area contributed by atoms with Crippen molar-refractivity contribution in [1.82, 2.24) is 9.97 Å². The van der Waals surface area contributed by atoms with E-state index in [4.69, 9.17) is 4.74 Å². The topological polar surface area (TPSA) is 64.1 Å². The molecule has 0 aliphatic heterocycles. The summed E-state index contributed by atoms with van der Waals surface area (Å²) in [7, 11) is 0. The molecule has 1 aromatic carbocycles. The summed E-state index contributed by atoms with van der Waals surface area (Å²) in [6.07, 6.45) is -1.72. The monoisotopic (exact) mass is 297 g/mol. The molecule has 0 unspecified atom stereocenters. The lowest BCUT2D eigenvalue weighted by atomic mass is 10.1. The second-order valence-electron chi connectivity index (χ2n) is 3.91. The highest BCUT2D eigenvalue weighted by atomic mass is 19.4. The van der Waals surface area contributed by atoms with Gasteiger partial charge >= 0.3 is 12.2 Å². The van der Waals surface area contributed by atoms with Crippen molar-refractivity contribution in [1.29, 1.82) is 0 Å². The van der Waals surface area contributed by atoms with Crippen molar-refractivity contribution in [3.63, 3.8) is 0 Å². The van der Waals surface area contributed by atoms with Gasteiger partial charge in [0, 0.05) is 12.4 Å². The molecule has 0 fully saturated rings. The molecule has 2 rings (SSSR count). The minimum Gasteiger partial charge on any atom is -0.453 e. The zero-order valence-electron chi connectivity index (χ0n) is 10.6. The third kappa shape index (κ3) is 4.16. The quantitative estimate of drug-likeness (QED) is 0.941. The van der Waals surface area contributed by atoms with Crippen molar-refractivity contribution in [2.45, 2.75) is 6.18 Å². The SMILES string of the molecule is O=C(COc1ncccn1)Nc1ccccc1C(F)(F)F. The standard InChI is InChI=1S/C13H10F3N3O2/c14-13(15,16)9-4-1-2-5-10(9)19-11(20)8-21-12-17-6-3-7-18-12/h1-7H,8H2,(H,19,20). The number of amides is 1. The van der Waals surface area contributed by atoms with E-state index in [1.165, 1.54) is 30.6 Å². The van der Waals surface area contributed by atoms with Gasteiger partial charge in [0.05, 0.1) is 11.3 Å². The molecule has 0 atom stereocenters. The highest BCUT2D eigenvalue weighted by Gasteiger charge is 2.33. The summed E-state index contributed by atoms with van der Waals surface area (Å²) >= 11 is 0. The molecule has 1 amide bonds. The predicted molar refractivity (Wildman–Crippen MR) is 67.6 cm³/mol. The third-order valence-electron chi connectivity index (χ3n) is 2.38. The zero-order chi connectivity index (χ0) is 15.3. The number of aromatic nitrogens is 2. The van der Waals surface area contributed by atoms with Crippen LogP contribution in [0.1, 0.15) is 5.56 Å². The normalized spacial score (nSPS) is 11.0. The maximum Gasteiger partial charge on any atom is 0.418 e. The molecular formula is C13H10F3N3O2. The molecule has 0 radical (unpaired) electrons. The van der Waals surface area contributed by atoms with E-state index in [0.717, 1.165) is 6.07 Å². The number of nitrogens with zero attached hydrogens (tertiary/aromatic N) is 2. The minimum absolute atomic E-state index is 0.0308. The zero-order valence-corrected chi connectivity index (χ0v) is 10.6. The summed E-state index contributed by atoms with van der Waals surface area (Å²) in [5.74, 6) is -0.737. The number of carbonyl (C=O) groups excluding carboxylic acids is 1. The maximum absolute atomic E-state index is 12.7. The first-order valence-corrected chi connectivity index (χ1v) is 5.83. The molecule has 1 N–H and O–H groups in total. The van der Waals surface area contributed by atoms with Crippen molar-refractivity contribution in [3.05, 3.63) is 48.3 Å². The van der Waals surface area contributed by atoms with Crippen LogP contribution in [-0.2, 0) is 11.0 Å². The van der Waals surface area contributed by atoms with Crippen LogP contribution in [0.3, 0.4) is 0 Å². The maximum atomic E-state index is 12.7. The number of alkyl halides is 3. The molecule has 0 bridgehead atoms. The van der Waals surface area contributed by atoms with Crippen LogP contribution in [0.2, 0.25) is 0 Å². The smallest absolute Gasteiger partial charge is 0.418 e. The van der Waals surface area contributed by atoms with E-state index < -0.39 is 24.3 Å². The first-order chi connectivity index (χ1) is 9.97. The summed E-state index contributed by atoms with van der Waals surface area (Å²) in [6, 6.07) is 6.22. The lowest BCUT2D eigenvalue weighted by Crippen LogP contribution is -2.22. The Hall–Kier alpha value is -2.64. The van der Waals surface area contributed by atoms with Crippen molar-refractivity contribution < 1.29 is 22.7 Å². The van der Waals surface area contributed by atoms with Crippen LogP contribution in [0.25, 0.3) is 0 Å². The van der Waals surface area contributed by atoms with E-state index in [-0.39, 0.29) is 11.7 Å². The van der Waals surface area contributed by atoms with E-state index in [2.05, 4.69) is 15.3 Å². The average molecular weight is 297 g/mol. The Morgan fingerprint density at radius 1 is 1.14 bits per heavy atom. The van der Waals surface area contributed by atoms with Crippen LogP contribution >= 0.6 is 0 Å². The molecule has 0 aliphatic rings. The number of ether oxygens (including phenoxy) is 1. The third-order valence-corrected chi connectivity index (χ3v) is 2.38. The highest BCUT2D eigenvalue weighted by Crippen LogP contribution is 2.34. The lowest BCUT2D eigenvalue weighted by molar-refractivity contribution is -0.137. The molecule has 5 nitrogen and oxygen atoms in total. The van der Waals surface area contributed by atoms with E-state index >= 15 is 0 Å². The molecule has 0 spiro atoms. The summed E-state index contributed by atoms with van der Waals surface area (Å²) < 4.78 is 43.2. The second kappa shape index (κ2) is 6.21. The number of rotatable bonds is 4. The summed E-state index contributed by atoms with van der Waals surface area (Å²) in [6.45, 7) is -0.490. The number of carbonyl (C=O) groups is 1. The Morgan fingerprint density at radius 2 is 1.81 bits per heavy atom. The molecule has 8 heteroatoms. The number of nitrogens with one attached hydrogen (secondary N) is 1. The molecule has 1 aromatic heterocycles. The van der Waals surface area contributed by atoms with Gasteiger partial charge in [-0.25, -0.2) is 9.97 Å².